The number of hydrogen-bond donors (Lipinski definition) is 0. The van der Waals surface area contributed by atoms with Crippen LogP contribution >= 0.6 is 0 Å². The van der Waals surface area contributed by atoms with Crippen molar-refractivity contribution in [3.05, 3.63) is 0 Å². The standard InChI is InChI=1S/C9H19N/c1-5-9(7-10-4)6-8(2)3/h8-9H,4-7H2,1-3H3. The Labute approximate surface area is 64.6 Å². The molecule has 0 aliphatic carbocycles. The third-order valence-electron chi connectivity index (χ3n) is 1.77. The van der Waals surface area contributed by atoms with Gasteiger partial charge in [0, 0.05) is 6.54 Å². The van der Waals surface area contributed by atoms with Crippen molar-refractivity contribution in [2.24, 2.45) is 16.8 Å². The minimum atomic E-state index is 0.762. The number of hydrogen-bond acceptors (Lipinski definition) is 1. The zero-order valence-corrected chi connectivity index (χ0v) is 7.43. The van der Waals surface area contributed by atoms with Gasteiger partial charge < -0.3 is 4.99 Å². The molecular formula is C9H19N. The summed E-state index contributed by atoms with van der Waals surface area (Å²) in [6, 6.07) is 0. The van der Waals surface area contributed by atoms with Gasteiger partial charge in [0.1, 0.15) is 0 Å². The van der Waals surface area contributed by atoms with E-state index in [2.05, 4.69) is 32.5 Å². The lowest BCUT2D eigenvalue weighted by Gasteiger charge is -2.13. The van der Waals surface area contributed by atoms with Crippen LogP contribution in [-0.2, 0) is 0 Å². The van der Waals surface area contributed by atoms with Crippen molar-refractivity contribution in [3.63, 3.8) is 0 Å². The summed E-state index contributed by atoms with van der Waals surface area (Å²) in [6.07, 6.45) is 2.52. The molecule has 1 nitrogen and oxygen atoms in total. The number of aliphatic imine (C=N–C) groups is 1. The van der Waals surface area contributed by atoms with Crippen molar-refractivity contribution < 1.29 is 0 Å². The molecule has 0 saturated carbocycles. The van der Waals surface area contributed by atoms with Crippen molar-refractivity contribution in [2.75, 3.05) is 6.54 Å². The predicted octanol–water partition coefficient (Wildman–Crippen LogP) is 2.76. The van der Waals surface area contributed by atoms with Gasteiger partial charge in [0.05, 0.1) is 0 Å². The summed E-state index contributed by atoms with van der Waals surface area (Å²) >= 11 is 0. The third kappa shape index (κ3) is 4.54. The van der Waals surface area contributed by atoms with E-state index in [1.54, 1.807) is 0 Å². The molecule has 10 heavy (non-hydrogen) atoms. The second-order valence-electron chi connectivity index (χ2n) is 3.31. The van der Waals surface area contributed by atoms with Crippen molar-refractivity contribution in [1.29, 1.82) is 0 Å². The van der Waals surface area contributed by atoms with Gasteiger partial charge in [-0.15, -0.1) is 0 Å². The van der Waals surface area contributed by atoms with Crippen LogP contribution in [0.5, 0.6) is 0 Å². The summed E-state index contributed by atoms with van der Waals surface area (Å²) < 4.78 is 0. The molecule has 0 aliphatic heterocycles. The Kier molecular flexibility index (Phi) is 5.27. The SMILES string of the molecule is C=NCC(CC)CC(C)C. The maximum atomic E-state index is 3.91. The van der Waals surface area contributed by atoms with Crippen LogP contribution in [0.2, 0.25) is 0 Å². The monoisotopic (exact) mass is 141 g/mol. The van der Waals surface area contributed by atoms with Crippen LogP contribution in [0.15, 0.2) is 4.99 Å². The smallest absolute Gasteiger partial charge is 0.0410 e. The van der Waals surface area contributed by atoms with Crippen LogP contribution in [0, 0.1) is 11.8 Å². The highest BCUT2D eigenvalue weighted by molar-refractivity contribution is 5.23. The lowest BCUT2D eigenvalue weighted by molar-refractivity contribution is 0.408. The number of rotatable bonds is 5. The van der Waals surface area contributed by atoms with E-state index in [1.165, 1.54) is 12.8 Å². The summed E-state index contributed by atoms with van der Waals surface area (Å²) in [5, 5.41) is 0. The van der Waals surface area contributed by atoms with Crippen molar-refractivity contribution in [3.8, 4) is 0 Å². The Morgan fingerprint density at radius 3 is 2.30 bits per heavy atom. The molecule has 1 unspecified atom stereocenters. The molecule has 0 radical (unpaired) electrons. The van der Waals surface area contributed by atoms with E-state index < -0.39 is 0 Å². The highest BCUT2D eigenvalue weighted by Gasteiger charge is 2.06. The lowest BCUT2D eigenvalue weighted by Crippen LogP contribution is -2.06. The van der Waals surface area contributed by atoms with Gasteiger partial charge in [-0.05, 0) is 25.0 Å². The maximum absolute atomic E-state index is 3.91. The van der Waals surface area contributed by atoms with Gasteiger partial charge >= 0.3 is 0 Å². The highest BCUT2D eigenvalue weighted by atomic mass is 14.7. The van der Waals surface area contributed by atoms with Gasteiger partial charge in [0.15, 0.2) is 0 Å². The van der Waals surface area contributed by atoms with E-state index in [9.17, 15) is 0 Å². The fourth-order valence-corrected chi connectivity index (χ4v) is 1.22. The molecule has 1 atom stereocenters. The van der Waals surface area contributed by atoms with E-state index >= 15 is 0 Å². The third-order valence-corrected chi connectivity index (χ3v) is 1.77. The van der Waals surface area contributed by atoms with Crippen LogP contribution in [-0.4, -0.2) is 13.3 Å². The molecule has 0 aromatic carbocycles. The van der Waals surface area contributed by atoms with Crippen molar-refractivity contribution in [1.82, 2.24) is 0 Å². The summed E-state index contributed by atoms with van der Waals surface area (Å²) in [4.78, 5) is 3.91. The molecule has 0 spiro atoms. The van der Waals surface area contributed by atoms with Crippen molar-refractivity contribution >= 4 is 6.72 Å². The summed E-state index contributed by atoms with van der Waals surface area (Å²) in [6.45, 7) is 11.2. The molecule has 0 rings (SSSR count). The van der Waals surface area contributed by atoms with Crippen LogP contribution < -0.4 is 0 Å². The molecule has 0 aliphatic rings. The molecular weight excluding hydrogens is 122 g/mol. The fourth-order valence-electron chi connectivity index (χ4n) is 1.22. The second kappa shape index (κ2) is 5.45. The van der Waals surface area contributed by atoms with Crippen LogP contribution in [0.25, 0.3) is 0 Å². The first kappa shape index (κ1) is 9.67. The predicted molar refractivity (Wildman–Crippen MR) is 47.7 cm³/mol. The second-order valence-corrected chi connectivity index (χ2v) is 3.31. The quantitative estimate of drug-likeness (QED) is 0.522. The summed E-state index contributed by atoms with van der Waals surface area (Å²) in [5.74, 6) is 1.56. The average Bonchev–Trinajstić information content (AvgIpc) is 1.86. The first-order valence-corrected chi connectivity index (χ1v) is 4.13. The van der Waals surface area contributed by atoms with Crippen LogP contribution in [0.4, 0.5) is 0 Å². The van der Waals surface area contributed by atoms with E-state index in [1.807, 2.05) is 0 Å². The molecule has 0 aromatic rings. The zero-order chi connectivity index (χ0) is 7.98. The van der Waals surface area contributed by atoms with Gasteiger partial charge in [-0.3, -0.25) is 0 Å². The lowest BCUT2D eigenvalue weighted by atomic mass is 9.95. The Morgan fingerprint density at radius 2 is 2.00 bits per heavy atom. The average molecular weight is 141 g/mol. The molecule has 1 heteroatoms. The van der Waals surface area contributed by atoms with Gasteiger partial charge in [-0.2, -0.15) is 0 Å². The van der Waals surface area contributed by atoms with E-state index in [0.717, 1.165) is 18.4 Å². The van der Waals surface area contributed by atoms with Gasteiger partial charge in [-0.1, -0.05) is 27.2 Å². The summed E-state index contributed by atoms with van der Waals surface area (Å²) in [5.41, 5.74) is 0. The largest absolute Gasteiger partial charge is 0.301 e. The Balaban J connectivity index is 3.48. The molecule has 0 heterocycles. The fraction of sp³-hybridized carbons (Fsp3) is 0.889. The van der Waals surface area contributed by atoms with E-state index in [-0.39, 0.29) is 0 Å². The summed E-state index contributed by atoms with van der Waals surface area (Å²) in [7, 11) is 0. The van der Waals surface area contributed by atoms with Gasteiger partial charge in [0.2, 0.25) is 0 Å². The van der Waals surface area contributed by atoms with Gasteiger partial charge in [0.25, 0.3) is 0 Å². The molecule has 0 N–H and O–H groups in total. The minimum absolute atomic E-state index is 0.762. The normalized spacial score (nSPS) is 13.6. The molecule has 0 saturated heterocycles. The zero-order valence-electron chi connectivity index (χ0n) is 7.43. The maximum Gasteiger partial charge on any atom is 0.0410 e. The molecule has 0 amide bonds. The minimum Gasteiger partial charge on any atom is -0.301 e. The van der Waals surface area contributed by atoms with Crippen molar-refractivity contribution in [2.45, 2.75) is 33.6 Å². The Morgan fingerprint density at radius 1 is 1.40 bits per heavy atom. The first-order valence-electron chi connectivity index (χ1n) is 4.13. The highest BCUT2D eigenvalue weighted by Crippen LogP contribution is 2.14. The van der Waals surface area contributed by atoms with Gasteiger partial charge in [-0.25, -0.2) is 0 Å². The Bertz CT molecular complexity index is 86.7. The molecule has 0 aromatic heterocycles. The van der Waals surface area contributed by atoms with Crippen LogP contribution in [0.1, 0.15) is 33.6 Å². The van der Waals surface area contributed by atoms with Crippen LogP contribution in [0.3, 0.4) is 0 Å². The topological polar surface area (TPSA) is 12.4 Å². The number of nitrogens with zero attached hydrogens (tertiary/aromatic N) is 1. The molecule has 0 fully saturated rings. The van der Waals surface area contributed by atoms with E-state index in [0.29, 0.717) is 0 Å². The molecule has 0 bridgehead atoms. The first-order chi connectivity index (χ1) is 4.70. The van der Waals surface area contributed by atoms with E-state index in [4.69, 9.17) is 0 Å². The Hall–Kier alpha value is -0.330. The molecule has 60 valence electrons.